The number of carboxylic acids is 1. The smallest absolute Gasteiger partial charge is 0.339 e. The fraction of sp³-hybridized carbons (Fsp3) is 0.367. The molecule has 1 aromatic heterocycles. The number of aromatic carboxylic acids is 1. The molecule has 2 fully saturated rings. The number of aromatic nitrogens is 2. The van der Waals surface area contributed by atoms with Crippen molar-refractivity contribution in [2.45, 2.75) is 50.7 Å². The van der Waals surface area contributed by atoms with Crippen LogP contribution in [0.15, 0.2) is 54.6 Å². The summed E-state index contributed by atoms with van der Waals surface area (Å²) >= 11 is 0. The molecular formula is C30H29N3O3. The number of nitrogens with one attached hydrogen (secondary N) is 1. The molecule has 3 aliphatic rings. The molecular weight excluding hydrogens is 450 g/mol. The lowest BCUT2D eigenvalue weighted by Crippen LogP contribution is -2.60. The number of carbonyl (C=O) groups is 1. The second kappa shape index (κ2) is 8.27. The molecule has 1 saturated heterocycles. The van der Waals surface area contributed by atoms with Crippen LogP contribution in [0, 0.1) is 11.8 Å². The van der Waals surface area contributed by atoms with E-state index in [0.29, 0.717) is 23.1 Å². The highest BCUT2D eigenvalue weighted by Gasteiger charge is 2.54. The van der Waals surface area contributed by atoms with Gasteiger partial charge in [-0.05, 0) is 72.9 Å². The van der Waals surface area contributed by atoms with Crippen LogP contribution in [0.4, 0.5) is 0 Å². The number of carboxylic acid groups (broad SMARTS) is 1. The van der Waals surface area contributed by atoms with E-state index in [1.807, 2.05) is 54.6 Å². The lowest BCUT2D eigenvalue weighted by Gasteiger charge is -2.56. The maximum atomic E-state index is 13.1. The van der Waals surface area contributed by atoms with Crippen LogP contribution < -0.4 is 10.1 Å². The van der Waals surface area contributed by atoms with E-state index < -0.39 is 5.97 Å². The summed E-state index contributed by atoms with van der Waals surface area (Å²) in [4.78, 5) is 23.2. The van der Waals surface area contributed by atoms with Crippen LogP contribution >= 0.6 is 0 Å². The highest BCUT2D eigenvalue weighted by atomic mass is 16.5. The highest BCUT2D eigenvalue weighted by Crippen LogP contribution is 2.57. The number of para-hydroxylation sites is 2. The van der Waals surface area contributed by atoms with Gasteiger partial charge in [0, 0.05) is 5.54 Å². The van der Waals surface area contributed by atoms with Crippen LogP contribution in [-0.2, 0) is 18.6 Å². The number of hydrogen-bond acceptors (Lipinski definition) is 5. The van der Waals surface area contributed by atoms with Gasteiger partial charge in [0.2, 0.25) is 0 Å². The van der Waals surface area contributed by atoms with Crippen LogP contribution in [0.1, 0.15) is 59.2 Å². The van der Waals surface area contributed by atoms with Crippen molar-refractivity contribution < 1.29 is 14.6 Å². The first kappa shape index (κ1) is 21.7. The number of piperidine rings is 1. The summed E-state index contributed by atoms with van der Waals surface area (Å²) in [6.45, 7) is 1.19. The molecule has 4 aromatic rings. The predicted molar refractivity (Wildman–Crippen MR) is 138 cm³/mol. The average Bonchev–Trinajstić information content (AvgIpc) is 2.91. The maximum Gasteiger partial charge on any atom is 0.339 e. The second-order valence-corrected chi connectivity index (χ2v) is 10.5. The molecule has 3 atom stereocenters. The number of benzene rings is 3. The Morgan fingerprint density at radius 2 is 1.75 bits per heavy atom. The number of ether oxygens (including phenoxy) is 1. The van der Waals surface area contributed by atoms with Crippen molar-refractivity contribution in [1.82, 2.24) is 15.3 Å². The van der Waals surface area contributed by atoms with Gasteiger partial charge in [0.1, 0.15) is 17.7 Å². The van der Waals surface area contributed by atoms with Crippen molar-refractivity contribution in [2.75, 3.05) is 6.54 Å². The molecule has 2 bridgehead atoms. The van der Waals surface area contributed by atoms with E-state index in [9.17, 15) is 9.90 Å². The summed E-state index contributed by atoms with van der Waals surface area (Å²) in [7, 11) is 0. The molecule has 7 rings (SSSR count). The monoisotopic (exact) mass is 479 g/mol. The number of fused-ring (bicyclic) bond motifs is 4. The van der Waals surface area contributed by atoms with Crippen LogP contribution in [0.2, 0.25) is 0 Å². The molecule has 0 spiro atoms. The van der Waals surface area contributed by atoms with Gasteiger partial charge in [-0.15, -0.1) is 0 Å². The summed E-state index contributed by atoms with van der Waals surface area (Å²) in [6.07, 6.45) is 6.35. The minimum atomic E-state index is -0.948. The minimum Gasteiger partial charge on any atom is -0.486 e. The van der Waals surface area contributed by atoms with Gasteiger partial charge in [-0.25, -0.2) is 14.8 Å². The molecule has 2 aliphatic carbocycles. The van der Waals surface area contributed by atoms with Crippen molar-refractivity contribution in [2.24, 2.45) is 11.8 Å². The topological polar surface area (TPSA) is 84.3 Å². The van der Waals surface area contributed by atoms with E-state index >= 15 is 0 Å². The van der Waals surface area contributed by atoms with Crippen molar-refractivity contribution in [3.8, 4) is 5.75 Å². The Kier molecular flexibility index (Phi) is 5.00. The Labute approximate surface area is 209 Å². The van der Waals surface area contributed by atoms with Gasteiger partial charge in [0.05, 0.1) is 16.6 Å². The summed E-state index contributed by atoms with van der Waals surface area (Å²) in [6, 6.07) is 17.7. The minimum absolute atomic E-state index is 0.274. The molecule has 6 heteroatoms. The Balaban J connectivity index is 1.55. The predicted octanol–water partition coefficient (Wildman–Crippen LogP) is 5.61. The largest absolute Gasteiger partial charge is 0.486 e. The Morgan fingerprint density at radius 3 is 2.53 bits per heavy atom. The Morgan fingerprint density at radius 1 is 1.00 bits per heavy atom. The standard InChI is InChI=1S/C30H29N3O3/c34-29(35)24-25-20(16-19-13-15-31-30(25)14-7-6-10-21(19)30)26-27(33-23-12-5-4-11-22(23)32-26)28(24)36-17-18-8-2-1-3-9-18/h1-5,8-9,11-12,19,21,31H,6-7,10,13-17H2,(H,34,35). The average molecular weight is 480 g/mol. The number of hydrogen-bond donors (Lipinski definition) is 2. The fourth-order valence-electron chi connectivity index (χ4n) is 7.28. The molecule has 6 nitrogen and oxygen atoms in total. The van der Waals surface area contributed by atoms with E-state index in [4.69, 9.17) is 14.7 Å². The van der Waals surface area contributed by atoms with Gasteiger partial charge >= 0.3 is 5.97 Å². The number of nitrogens with zero attached hydrogens (tertiary/aromatic N) is 2. The SMILES string of the molecule is O=C(O)c1c2c(c3nc4ccccc4nc3c1OCc1ccccc1)CC1CCNC23CCCCC13. The van der Waals surface area contributed by atoms with Gasteiger partial charge < -0.3 is 15.2 Å². The van der Waals surface area contributed by atoms with Crippen LogP contribution in [-0.4, -0.2) is 27.6 Å². The molecule has 3 unspecified atom stereocenters. The third kappa shape index (κ3) is 3.17. The van der Waals surface area contributed by atoms with Crippen LogP contribution in [0.25, 0.3) is 22.1 Å². The molecule has 36 heavy (non-hydrogen) atoms. The van der Waals surface area contributed by atoms with E-state index in [1.54, 1.807) is 0 Å². The van der Waals surface area contributed by atoms with Crippen LogP contribution in [0.5, 0.6) is 5.75 Å². The fourth-order valence-corrected chi connectivity index (χ4v) is 7.28. The summed E-state index contributed by atoms with van der Waals surface area (Å²) in [5, 5.41) is 14.6. The third-order valence-corrected chi connectivity index (χ3v) is 8.70. The number of rotatable bonds is 4. The molecule has 2 N–H and O–H groups in total. The Bertz CT molecular complexity index is 1500. The molecule has 1 aliphatic heterocycles. The maximum absolute atomic E-state index is 13.1. The Hall–Kier alpha value is -3.51. The second-order valence-electron chi connectivity index (χ2n) is 10.5. The highest BCUT2D eigenvalue weighted by molar-refractivity contribution is 6.04. The first-order valence-electron chi connectivity index (χ1n) is 13.1. The van der Waals surface area contributed by atoms with E-state index in [2.05, 4.69) is 5.32 Å². The normalized spacial score (nSPS) is 24.8. The van der Waals surface area contributed by atoms with Crippen molar-refractivity contribution in [1.29, 1.82) is 0 Å². The van der Waals surface area contributed by atoms with Gasteiger partial charge in [-0.2, -0.15) is 0 Å². The summed E-state index contributed by atoms with van der Waals surface area (Å²) < 4.78 is 6.42. The van der Waals surface area contributed by atoms with E-state index in [0.717, 1.165) is 71.9 Å². The van der Waals surface area contributed by atoms with Crippen LogP contribution in [0.3, 0.4) is 0 Å². The van der Waals surface area contributed by atoms with Gasteiger partial charge in [0.15, 0.2) is 5.75 Å². The van der Waals surface area contributed by atoms with Gasteiger partial charge in [-0.3, -0.25) is 0 Å². The van der Waals surface area contributed by atoms with Crippen molar-refractivity contribution in [3.63, 3.8) is 0 Å². The quantitative estimate of drug-likeness (QED) is 0.370. The third-order valence-electron chi connectivity index (χ3n) is 8.70. The summed E-state index contributed by atoms with van der Waals surface area (Å²) in [5.74, 6) is 0.380. The van der Waals surface area contributed by atoms with E-state index in [-0.39, 0.29) is 17.7 Å². The first-order valence-corrected chi connectivity index (χ1v) is 13.1. The van der Waals surface area contributed by atoms with Crippen molar-refractivity contribution >= 4 is 28.0 Å². The molecule has 182 valence electrons. The molecule has 3 aromatic carbocycles. The molecule has 1 saturated carbocycles. The van der Waals surface area contributed by atoms with Gasteiger partial charge in [-0.1, -0.05) is 55.3 Å². The molecule has 0 radical (unpaired) electrons. The zero-order chi connectivity index (χ0) is 24.3. The lowest BCUT2D eigenvalue weighted by atomic mass is 9.55. The first-order chi connectivity index (χ1) is 17.7. The lowest BCUT2D eigenvalue weighted by molar-refractivity contribution is 0.0327. The van der Waals surface area contributed by atoms with Gasteiger partial charge in [0.25, 0.3) is 0 Å². The zero-order valence-corrected chi connectivity index (χ0v) is 20.2. The molecule has 0 amide bonds. The summed E-state index contributed by atoms with van der Waals surface area (Å²) in [5.41, 5.74) is 5.82. The van der Waals surface area contributed by atoms with Crippen molar-refractivity contribution in [3.05, 3.63) is 76.9 Å². The molecule has 2 heterocycles. The van der Waals surface area contributed by atoms with E-state index in [1.165, 1.54) is 6.42 Å². The zero-order valence-electron chi connectivity index (χ0n) is 20.2.